The van der Waals surface area contributed by atoms with E-state index in [4.69, 9.17) is 0 Å². The van der Waals surface area contributed by atoms with E-state index >= 15 is 0 Å². The van der Waals surface area contributed by atoms with Crippen LogP contribution in [0.2, 0.25) is 0 Å². The molecule has 0 fully saturated rings. The summed E-state index contributed by atoms with van der Waals surface area (Å²) in [5.74, 6) is 0. The van der Waals surface area contributed by atoms with E-state index in [2.05, 4.69) is 43.0 Å². The molecule has 0 N–H and O–H groups in total. The van der Waals surface area contributed by atoms with E-state index < -0.39 is 0 Å². The topological polar surface area (TPSA) is 6.48 Å². The van der Waals surface area contributed by atoms with Crippen LogP contribution in [0.15, 0.2) is 12.4 Å². The van der Waals surface area contributed by atoms with Gasteiger partial charge in [0.15, 0.2) is 0 Å². The molecule has 51 heavy (non-hydrogen) atoms. The molecule has 0 bridgehead atoms. The third-order valence-electron chi connectivity index (χ3n) is 12.1. The molecule has 1 heterocycles. The van der Waals surface area contributed by atoms with E-state index in [1.54, 1.807) is 0 Å². The highest BCUT2D eigenvalue weighted by atomic mass is 15.4. The molecule has 0 radical (unpaired) electrons. The Morgan fingerprint density at radius 2 is 0.451 bits per heavy atom. The average Bonchev–Trinajstić information content (AvgIpc) is 3.53. The van der Waals surface area contributed by atoms with Crippen LogP contribution in [-0.4, -0.2) is 29.1 Å². The molecule has 304 valence electrons. The fourth-order valence-electron chi connectivity index (χ4n) is 8.48. The lowest BCUT2D eigenvalue weighted by molar-refractivity contribution is 0.135. The van der Waals surface area contributed by atoms with Gasteiger partial charge in [-0.1, -0.05) is 258 Å². The van der Waals surface area contributed by atoms with E-state index in [0.29, 0.717) is 6.17 Å². The van der Waals surface area contributed by atoms with Crippen molar-refractivity contribution in [1.29, 1.82) is 0 Å². The highest BCUT2D eigenvalue weighted by molar-refractivity contribution is 4.97. The minimum absolute atomic E-state index is 0.636. The number of hydrogen-bond acceptors (Lipinski definition) is 2. The van der Waals surface area contributed by atoms with Gasteiger partial charge >= 0.3 is 0 Å². The second-order valence-electron chi connectivity index (χ2n) is 17.1. The third-order valence-corrected chi connectivity index (χ3v) is 12.1. The van der Waals surface area contributed by atoms with E-state index in [0.717, 1.165) is 0 Å². The maximum atomic E-state index is 2.74. The number of rotatable bonds is 43. The van der Waals surface area contributed by atoms with Crippen LogP contribution >= 0.6 is 0 Å². The standard InChI is InChI=1S/C49H98N2/c1-4-7-10-13-16-19-22-25-26-29-32-35-38-41-44-49-50(45-42-39-36-33-30-27-23-20-17-14-11-8-5-2)47-48-51(49)46-43-40-37-34-31-28-24-21-18-15-12-9-6-3/h47-49H,4-46H2,1-3H3. The van der Waals surface area contributed by atoms with Crippen LogP contribution < -0.4 is 0 Å². The summed E-state index contributed by atoms with van der Waals surface area (Å²) >= 11 is 0. The van der Waals surface area contributed by atoms with Crippen molar-refractivity contribution >= 4 is 0 Å². The van der Waals surface area contributed by atoms with Gasteiger partial charge in [0.25, 0.3) is 0 Å². The minimum Gasteiger partial charge on any atom is -0.356 e. The van der Waals surface area contributed by atoms with E-state index in [1.165, 1.54) is 276 Å². The summed E-state index contributed by atoms with van der Waals surface area (Å²) in [6.45, 7) is 9.49. The molecule has 0 aromatic carbocycles. The Bertz CT molecular complexity index is 633. The molecule has 1 aliphatic heterocycles. The largest absolute Gasteiger partial charge is 0.356 e. The zero-order valence-corrected chi connectivity index (χ0v) is 36.0. The summed E-state index contributed by atoms with van der Waals surface area (Å²) in [4.78, 5) is 5.48. The Balaban J connectivity index is 2.21. The van der Waals surface area contributed by atoms with Crippen molar-refractivity contribution in [3.63, 3.8) is 0 Å². The monoisotopic (exact) mass is 715 g/mol. The number of nitrogens with zero attached hydrogens (tertiary/aromatic N) is 2. The first-order chi connectivity index (χ1) is 25.3. The Morgan fingerprint density at radius 3 is 0.686 bits per heavy atom. The lowest BCUT2D eigenvalue weighted by Crippen LogP contribution is -2.39. The second-order valence-corrected chi connectivity index (χ2v) is 17.1. The van der Waals surface area contributed by atoms with Gasteiger partial charge in [0.05, 0.1) is 0 Å². The smallest absolute Gasteiger partial charge is 0.101 e. The maximum absolute atomic E-state index is 2.74. The SMILES string of the molecule is CCCCCCCCCCCCCCCCC1N(CCCCCCCCCCCCCCC)C=CN1CCCCCCCCCCCCCCC. The zero-order chi connectivity index (χ0) is 36.6. The van der Waals surface area contributed by atoms with Crippen molar-refractivity contribution in [2.24, 2.45) is 0 Å². The van der Waals surface area contributed by atoms with Gasteiger partial charge in [0, 0.05) is 25.5 Å². The quantitative estimate of drug-likeness (QED) is 0.0580. The fourth-order valence-corrected chi connectivity index (χ4v) is 8.48. The zero-order valence-electron chi connectivity index (χ0n) is 36.0. The normalized spacial score (nSPS) is 13.4. The summed E-state index contributed by atoms with van der Waals surface area (Å²) in [5, 5.41) is 0. The highest BCUT2D eigenvalue weighted by Gasteiger charge is 2.24. The van der Waals surface area contributed by atoms with Gasteiger partial charge in [-0.2, -0.15) is 0 Å². The fraction of sp³-hybridized carbons (Fsp3) is 0.959. The van der Waals surface area contributed by atoms with Crippen LogP contribution in [-0.2, 0) is 0 Å². The lowest BCUT2D eigenvalue weighted by atomic mass is 10.0. The summed E-state index contributed by atoms with van der Waals surface area (Å²) in [7, 11) is 0. The Labute approximate surface area is 324 Å². The van der Waals surface area contributed by atoms with Gasteiger partial charge in [-0.25, -0.2) is 0 Å². The summed E-state index contributed by atoms with van der Waals surface area (Å²) in [6.07, 6.45) is 64.9. The molecule has 0 amide bonds. The molecule has 0 unspecified atom stereocenters. The van der Waals surface area contributed by atoms with Crippen LogP contribution in [0.3, 0.4) is 0 Å². The Hall–Kier alpha value is -0.660. The van der Waals surface area contributed by atoms with Crippen molar-refractivity contribution < 1.29 is 0 Å². The van der Waals surface area contributed by atoms with Crippen molar-refractivity contribution in [3.8, 4) is 0 Å². The van der Waals surface area contributed by atoms with Gasteiger partial charge in [0.2, 0.25) is 0 Å². The molecular formula is C49H98N2. The van der Waals surface area contributed by atoms with Gasteiger partial charge in [0.1, 0.15) is 6.17 Å². The van der Waals surface area contributed by atoms with Crippen molar-refractivity contribution in [1.82, 2.24) is 9.80 Å². The second kappa shape index (κ2) is 40.5. The van der Waals surface area contributed by atoms with Gasteiger partial charge in [-0.3, -0.25) is 0 Å². The van der Waals surface area contributed by atoms with E-state index in [-0.39, 0.29) is 0 Å². The summed E-state index contributed by atoms with van der Waals surface area (Å²) in [6, 6.07) is 0. The molecule has 0 aromatic heterocycles. The van der Waals surface area contributed by atoms with Crippen molar-refractivity contribution in [2.75, 3.05) is 13.1 Å². The molecule has 2 nitrogen and oxygen atoms in total. The Morgan fingerprint density at radius 1 is 0.255 bits per heavy atom. The van der Waals surface area contributed by atoms with E-state index in [9.17, 15) is 0 Å². The molecule has 0 aromatic rings. The number of unbranched alkanes of at least 4 members (excludes halogenated alkanes) is 37. The minimum atomic E-state index is 0.636. The van der Waals surface area contributed by atoms with Crippen molar-refractivity contribution in [3.05, 3.63) is 12.4 Å². The molecule has 0 saturated heterocycles. The molecule has 0 saturated carbocycles. The summed E-state index contributed by atoms with van der Waals surface area (Å²) in [5.41, 5.74) is 0. The van der Waals surface area contributed by atoms with Gasteiger partial charge in [-0.15, -0.1) is 0 Å². The number of hydrogen-bond donors (Lipinski definition) is 0. The predicted molar refractivity (Wildman–Crippen MR) is 233 cm³/mol. The summed E-state index contributed by atoms with van der Waals surface area (Å²) < 4.78 is 0. The average molecular weight is 715 g/mol. The molecule has 1 aliphatic rings. The molecule has 0 spiro atoms. The van der Waals surface area contributed by atoms with E-state index in [1.807, 2.05) is 0 Å². The highest BCUT2D eigenvalue weighted by Crippen LogP contribution is 2.24. The van der Waals surface area contributed by atoms with Crippen LogP contribution in [0.5, 0.6) is 0 Å². The predicted octanol–water partition coefficient (Wildman–Crippen LogP) is 17.5. The van der Waals surface area contributed by atoms with Crippen LogP contribution in [0.4, 0.5) is 0 Å². The van der Waals surface area contributed by atoms with Gasteiger partial charge < -0.3 is 9.80 Å². The van der Waals surface area contributed by atoms with Crippen LogP contribution in [0.25, 0.3) is 0 Å². The molecular weight excluding hydrogens is 617 g/mol. The molecule has 1 rings (SSSR count). The third kappa shape index (κ3) is 32.5. The lowest BCUT2D eigenvalue weighted by Gasteiger charge is -2.33. The first kappa shape index (κ1) is 48.4. The molecule has 0 aliphatic carbocycles. The molecule has 2 heteroatoms. The Kier molecular flexibility index (Phi) is 38.4. The van der Waals surface area contributed by atoms with Crippen LogP contribution in [0, 0.1) is 0 Å². The first-order valence-electron chi connectivity index (χ1n) is 24.5. The van der Waals surface area contributed by atoms with Crippen LogP contribution in [0.1, 0.15) is 284 Å². The maximum Gasteiger partial charge on any atom is 0.101 e. The van der Waals surface area contributed by atoms with Crippen molar-refractivity contribution in [2.45, 2.75) is 290 Å². The molecule has 0 atom stereocenters. The van der Waals surface area contributed by atoms with Gasteiger partial charge in [-0.05, 0) is 25.7 Å². The first-order valence-corrected chi connectivity index (χ1v) is 24.5.